The SMILES string of the molecule is Cc1cc(C(=O)Nc2cccc(C(=O)N(C)C)c2)ccc1F. The number of carbonyl (C=O) groups excluding carboxylic acids is 2. The lowest BCUT2D eigenvalue weighted by Gasteiger charge is -2.12. The van der Waals surface area contributed by atoms with E-state index in [9.17, 15) is 14.0 Å². The monoisotopic (exact) mass is 300 g/mol. The number of rotatable bonds is 3. The summed E-state index contributed by atoms with van der Waals surface area (Å²) < 4.78 is 13.2. The molecular weight excluding hydrogens is 283 g/mol. The van der Waals surface area contributed by atoms with Gasteiger partial charge in [0.2, 0.25) is 0 Å². The normalized spacial score (nSPS) is 10.2. The summed E-state index contributed by atoms with van der Waals surface area (Å²) in [5, 5.41) is 2.71. The second-order valence-corrected chi connectivity index (χ2v) is 5.20. The Kier molecular flexibility index (Phi) is 4.56. The number of amides is 2. The Morgan fingerprint density at radius 3 is 2.41 bits per heavy atom. The molecule has 2 rings (SSSR count). The molecule has 114 valence electrons. The second kappa shape index (κ2) is 6.39. The van der Waals surface area contributed by atoms with Crippen molar-refractivity contribution in [3.05, 3.63) is 65.0 Å². The maximum Gasteiger partial charge on any atom is 0.255 e. The van der Waals surface area contributed by atoms with E-state index in [-0.39, 0.29) is 17.6 Å². The molecule has 0 fully saturated rings. The summed E-state index contributed by atoms with van der Waals surface area (Å²) in [5.41, 5.74) is 1.77. The number of nitrogens with zero attached hydrogens (tertiary/aromatic N) is 1. The molecular formula is C17H17FN2O2. The molecule has 0 bridgehead atoms. The van der Waals surface area contributed by atoms with Gasteiger partial charge < -0.3 is 10.2 Å². The van der Waals surface area contributed by atoms with Crippen LogP contribution in [-0.2, 0) is 0 Å². The molecule has 1 N–H and O–H groups in total. The quantitative estimate of drug-likeness (QED) is 0.947. The average Bonchev–Trinajstić information content (AvgIpc) is 2.49. The van der Waals surface area contributed by atoms with Crippen LogP contribution in [0.1, 0.15) is 26.3 Å². The van der Waals surface area contributed by atoms with Crippen LogP contribution in [0.15, 0.2) is 42.5 Å². The molecule has 2 aromatic carbocycles. The highest BCUT2D eigenvalue weighted by Gasteiger charge is 2.11. The van der Waals surface area contributed by atoms with E-state index in [1.54, 1.807) is 45.3 Å². The van der Waals surface area contributed by atoms with Gasteiger partial charge in [0.1, 0.15) is 5.82 Å². The van der Waals surface area contributed by atoms with Gasteiger partial charge in [-0.3, -0.25) is 9.59 Å². The summed E-state index contributed by atoms with van der Waals surface area (Å²) in [4.78, 5) is 25.5. The van der Waals surface area contributed by atoms with Crippen molar-refractivity contribution in [3.63, 3.8) is 0 Å². The fourth-order valence-electron chi connectivity index (χ4n) is 1.98. The fourth-order valence-corrected chi connectivity index (χ4v) is 1.98. The third-order valence-electron chi connectivity index (χ3n) is 3.19. The van der Waals surface area contributed by atoms with Crippen LogP contribution in [0.3, 0.4) is 0 Å². The minimum atomic E-state index is -0.352. The molecule has 0 saturated heterocycles. The van der Waals surface area contributed by atoms with Crippen LogP contribution < -0.4 is 5.32 Å². The number of nitrogens with one attached hydrogen (secondary N) is 1. The predicted molar refractivity (Wildman–Crippen MR) is 83.5 cm³/mol. The standard InChI is InChI=1S/C17H17FN2O2/c1-11-9-12(7-8-15(11)18)16(21)19-14-6-4-5-13(10-14)17(22)20(2)3/h4-10H,1-3H3,(H,19,21). The molecule has 0 spiro atoms. The average molecular weight is 300 g/mol. The first-order valence-corrected chi connectivity index (χ1v) is 6.77. The number of benzene rings is 2. The Hall–Kier alpha value is -2.69. The van der Waals surface area contributed by atoms with Crippen molar-refractivity contribution in [3.8, 4) is 0 Å². The van der Waals surface area contributed by atoms with E-state index >= 15 is 0 Å². The van der Waals surface area contributed by atoms with E-state index in [0.717, 1.165) is 0 Å². The van der Waals surface area contributed by atoms with E-state index in [2.05, 4.69) is 5.32 Å². The van der Waals surface area contributed by atoms with E-state index in [1.807, 2.05) is 0 Å². The Balaban J connectivity index is 2.19. The number of carbonyl (C=O) groups is 2. The first-order valence-electron chi connectivity index (χ1n) is 6.77. The molecule has 2 aromatic rings. The predicted octanol–water partition coefficient (Wildman–Crippen LogP) is 3.09. The van der Waals surface area contributed by atoms with Crippen molar-refractivity contribution >= 4 is 17.5 Å². The molecule has 2 amide bonds. The van der Waals surface area contributed by atoms with Gasteiger partial charge in [0.25, 0.3) is 11.8 Å². The van der Waals surface area contributed by atoms with E-state index < -0.39 is 0 Å². The van der Waals surface area contributed by atoms with Crippen LogP contribution in [-0.4, -0.2) is 30.8 Å². The smallest absolute Gasteiger partial charge is 0.255 e. The molecule has 0 aromatic heterocycles. The molecule has 5 heteroatoms. The molecule has 0 saturated carbocycles. The molecule has 0 atom stereocenters. The number of hydrogen-bond acceptors (Lipinski definition) is 2. The highest BCUT2D eigenvalue weighted by Crippen LogP contribution is 2.15. The highest BCUT2D eigenvalue weighted by molar-refractivity contribution is 6.05. The number of aryl methyl sites for hydroxylation is 1. The van der Waals surface area contributed by atoms with Crippen LogP contribution in [0.5, 0.6) is 0 Å². The number of halogens is 1. The summed E-state index contributed by atoms with van der Waals surface area (Å²) in [6, 6.07) is 10.8. The first-order chi connectivity index (χ1) is 10.4. The Morgan fingerprint density at radius 1 is 1.05 bits per heavy atom. The fraction of sp³-hybridized carbons (Fsp3) is 0.176. The van der Waals surface area contributed by atoms with Gasteiger partial charge in [0, 0.05) is 30.9 Å². The molecule has 0 aliphatic heterocycles. The summed E-state index contributed by atoms with van der Waals surface area (Å²) in [5.74, 6) is -0.846. The van der Waals surface area contributed by atoms with Crippen molar-refractivity contribution in [2.75, 3.05) is 19.4 Å². The maximum atomic E-state index is 13.2. The van der Waals surface area contributed by atoms with Gasteiger partial charge in [0.05, 0.1) is 0 Å². The Bertz CT molecular complexity index is 726. The Morgan fingerprint density at radius 2 is 1.77 bits per heavy atom. The van der Waals surface area contributed by atoms with Gasteiger partial charge in [-0.05, 0) is 48.9 Å². The van der Waals surface area contributed by atoms with Crippen molar-refractivity contribution in [1.29, 1.82) is 0 Å². The summed E-state index contributed by atoms with van der Waals surface area (Å²) >= 11 is 0. The van der Waals surface area contributed by atoms with Crippen molar-refractivity contribution in [1.82, 2.24) is 4.90 Å². The lowest BCUT2D eigenvalue weighted by Crippen LogP contribution is -2.22. The largest absolute Gasteiger partial charge is 0.345 e. The molecule has 0 heterocycles. The summed E-state index contributed by atoms with van der Waals surface area (Å²) in [6.07, 6.45) is 0. The number of anilines is 1. The first kappa shape index (κ1) is 15.7. The number of hydrogen-bond donors (Lipinski definition) is 1. The van der Waals surface area contributed by atoms with Gasteiger partial charge in [-0.15, -0.1) is 0 Å². The molecule has 4 nitrogen and oxygen atoms in total. The van der Waals surface area contributed by atoms with Crippen molar-refractivity contribution < 1.29 is 14.0 Å². The van der Waals surface area contributed by atoms with E-state index in [1.165, 1.54) is 23.1 Å². The van der Waals surface area contributed by atoms with Gasteiger partial charge in [-0.1, -0.05) is 6.07 Å². The van der Waals surface area contributed by atoms with Crippen LogP contribution in [0, 0.1) is 12.7 Å². The zero-order valence-corrected chi connectivity index (χ0v) is 12.7. The zero-order valence-electron chi connectivity index (χ0n) is 12.7. The van der Waals surface area contributed by atoms with Crippen molar-refractivity contribution in [2.45, 2.75) is 6.92 Å². The molecule has 22 heavy (non-hydrogen) atoms. The van der Waals surface area contributed by atoms with Crippen LogP contribution in [0.4, 0.5) is 10.1 Å². The third kappa shape index (κ3) is 3.49. The maximum absolute atomic E-state index is 13.2. The minimum absolute atomic E-state index is 0.145. The Labute approximate surface area is 128 Å². The lowest BCUT2D eigenvalue weighted by molar-refractivity contribution is 0.0827. The summed E-state index contributed by atoms with van der Waals surface area (Å²) in [7, 11) is 3.32. The molecule has 0 unspecified atom stereocenters. The molecule has 0 radical (unpaired) electrons. The van der Waals surface area contributed by atoms with Gasteiger partial charge in [-0.2, -0.15) is 0 Å². The zero-order chi connectivity index (χ0) is 16.3. The van der Waals surface area contributed by atoms with Crippen molar-refractivity contribution in [2.24, 2.45) is 0 Å². The third-order valence-corrected chi connectivity index (χ3v) is 3.19. The van der Waals surface area contributed by atoms with Crippen LogP contribution in [0.25, 0.3) is 0 Å². The van der Waals surface area contributed by atoms with E-state index in [4.69, 9.17) is 0 Å². The van der Waals surface area contributed by atoms with E-state index in [0.29, 0.717) is 22.4 Å². The van der Waals surface area contributed by atoms with Gasteiger partial charge >= 0.3 is 0 Å². The van der Waals surface area contributed by atoms with Gasteiger partial charge in [0.15, 0.2) is 0 Å². The topological polar surface area (TPSA) is 49.4 Å². The second-order valence-electron chi connectivity index (χ2n) is 5.20. The van der Waals surface area contributed by atoms with Crippen LogP contribution in [0.2, 0.25) is 0 Å². The minimum Gasteiger partial charge on any atom is -0.345 e. The highest BCUT2D eigenvalue weighted by atomic mass is 19.1. The van der Waals surface area contributed by atoms with Crippen LogP contribution >= 0.6 is 0 Å². The van der Waals surface area contributed by atoms with Gasteiger partial charge in [-0.25, -0.2) is 4.39 Å². The molecule has 0 aliphatic carbocycles. The summed E-state index contributed by atoms with van der Waals surface area (Å²) in [6.45, 7) is 1.60. The lowest BCUT2D eigenvalue weighted by atomic mass is 10.1. The molecule has 0 aliphatic rings.